The molecule has 1 amide bonds. The van der Waals surface area contributed by atoms with Crippen molar-refractivity contribution in [3.8, 4) is 0 Å². The Morgan fingerprint density at radius 3 is 2.53 bits per heavy atom. The van der Waals surface area contributed by atoms with E-state index >= 15 is 0 Å². The number of nitrogens with two attached hydrogens (primary N) is 1. The zero-order valence-corrected chi connectivity index (χ0v) is 9.96. The SMILES string of the molecule is CC1CCC(NC(=O)CC(C)CN)CC1. The molecule has 0 heterocycles. The number of hydrogen-bond acceptors (Lipinski definition) is 2. The predicted octanol–water partition coefficient (Wildman–Crippen LogP) is 1.67. The smallest absolute Gasteiger partial charge is 0.220 e. The molecule has 3 nitrogen and oxygen atoms in total. The van der Waals surface area contributed by atoms with Crippen molar-refractivity contribution in [1.29, 1.82) is 0 Å². The van der Waals surface area contributed by atoms with Gasteiger partial charge in [-0.05, 0) is 44.1 Å². The second-order valence-corrected chi connectivity index (χ2v) is 5.07. The van der Waals surface area contributed by atoms with Crippen LogP contribution in [0.5, 0.6) is 0 Å². The molecule has 0 aliphatic heterocycles. The highest BCUT2D eigenvalue weighted by atomic mass is 16.1. The monoisotopic (exact) mass is 212 g/mol. The summed E-state index contributed by atoms with van der Waals surface area (Å²) in [6.45, 7) is 4.90. The molecule has 0 radical (unpaired) electrons. The summed E-state index contributed by atoms with van der Waals surface area (Å²) in [7, 11) is 0. The number of carbonyl (C=O) groups excluding carboxylic acids is 1. The number of carbonyl (C=O) groups is 1. The van der Waals surface area contributed by atoms with Crippen LogP contribution in [0.1, 0.15) is 46.0 Å². The molecule has 0 bridgehead atoms. The van der Waals surface area contributed by atoms with E-state index in [0.29, 0.717) is 24.9 Å². The van der Waals surface area contributed by atoms with Crippen molar-refractivity contribution < 1.29 is 4.79 Å². The number of rotatable bonds is 4. The molecule has 3 N–H and O–H groups in total. The molecule has 1 rings (SSSR count). The molecule has 1 aliphatic carbocycles. The lowest BCUT2D eigenvalue weighted by molar-refractivity contribution is -0.122. The van der Waals surface area contributed by atoms with Gasteiger partial charge in [-0.3, -0.25) is 4.79 Å². The van der Waals surface area contributed by atoms with Crippen molar-refractivity contribution in [3.63, 3.8) is 0 Å². The van der Waals surface area contributed by atoms with Crippen LogP contribution in [0.25, 0.3) is 0 Å². The quantitative estimate of drug-likeness (QED) is 0.744. The molecule has 0 aromatic rings. The van der Waals surface area contributed by atoms with E-state index in [1.165, 1.54) is 12.8 Å². The van der Waals surface area contributed by atoms with Gasteiger partial charge in [0.2, 0.25) is 5.91 Å². The molecular weight excluding hydrogens is 188 g/mol. The summed E-state index contributed by atoms with van der Waals surface area (Å²) in [5.41, 5.74) is 5.49. The molecule has 1 saturated carbocycles. The van der Waals surface area contributed by atoms with Gasteiger partial charge < -0.3 is 11.1 Å². The van der Waals surface area contributed by atoms with Crippen LogP contribution >= 0.6 is 0 Å². The standard InChI is InChI=1S/C12H24N2O/c1-9-3-5-11(6-4-9)14-12(15)7-10(2)8-13/h9-11H,3-8,13H2,1-2H3,(H,14,15). The Balaban J connectivity index is 2.20. The van der Waals surface area contributed by atoms with E-state index in [0.717, 1.165) is 18.8 Å². The van der Waals surface area contributed by atoms with Crippen LogP contribution < -0.4 is 11.1 Å². The molecule has 0 spiro atoms. The number of nitrogens with one attached hydrogen (secondary N) is 1. The van der Waals surface area contributed by atoms with Crippen molar-refractivity contribution in [2.45, 2.75) is 52.0 Å². The van der Waals surface area contributed by atoms with Gasteiger partial charge in [-0.2, -0.15) is 0 Å². The van der Waals surface area contributed by atoms with E-state index in [1.54, 1.807) is 0 Å². The Bertz CT molecular complexity index is 198. The number of amides is 1. The molecule has 0 saturated heterocycles. The van der Waals surface area contributed by atoms with E-state index < -0.39 is 0 Å². The van der Waals surface area contributed by atoms with Crippen LogP contribution in [0.3, 0.4) is 0 Å². The van der Waals surface area contributed by atoms with Gasteiger partial charge in [0.25, 0.3) is 0 Å². The van der Waals surface area contributed by atoms with Crippen molar-refractivity contribution >= 4 is 5.91 Å². The third-order valence-corrected chi connectivity index (χ3v) is 3.32. The summed E-state index contributed by atoms with van der Waals surface area (Å²) in [5.74, 6) is 1.31. The van der Waals surface area contributed by atoms with E-state index in [4.69, 9.17) is 5.73 Å². The second kappa shape index (κ2) is 6.11. The zero-order chi connectivity index (χ0) is 11.3. The van der Waals surface area contributed by atoms with Crippen LogP contribution in [0.2, 0.25) is 0 Å². The first-order valence-corrected chi connectivity index (χ1v) is 6.11. The average molecular weight is 212 g/mol. The van der Waals surface area contributed by atoms with Gasteiger partial charge in [0.1, 0.15) is 0 Å². The summed E-state index contributed by atoms with van der Waals surface area (Å²) in [5, 5.41) is 3.11. The van der Waals surface area contributed by atoms with Crippen LogP contribution in [-0.2, 0) is 4.79 Å². The van der Waals surface area contributed by atoms with Gasteiger partial charge in [-0.15, -0.1) is 0 Å². The maximum atomic E-state index is 11.6. The Morgan fingerprint density at radius 1 is 1.40 bits per heavy atom. The summed E-state index contributed by atoms with van der Waals surface area (Å²) < 4.78 is 0. The summed E-state index contributed by atoms with van der Waals surface area (Å²) in [4.78, 5) is 11.6. The molecule has 15 heavy (non-hydrogen) atoms. The highest BCUT2D eigenvalue weighted by Crippen LogP contribution is 2.23. The lowest BCUT2D eigenvalue weighted by Crippen LogP contribution is -2.38. The number of hydrogen-bond donors (Lipinski definition) is 2. The lowest BCUT2D eigenvalue weighted by Gasteiger charge is -2.27. The molecule has 1 aliphatic rings. The third kappa shape index (κ3) is 4.65. The Morgan fingerprint density at radius 2 is 2.00 bits per heavy atom. The van der Waals surface area contributed by atoms with Crippen LogP contribution in [0.15, 0.2) is 0 Å². The van der Waals surface area contributed by atoms with Crippen molar-refractivity contribution in [2.24, 2.45) is 17.6 Å². The van der Waals surface area contributed by atoms with E-state index in [9.17, 15) is 4.79 Å². The molecule has 3 heteroatoms. The summed E-state index contributed by atoms with van der Waals surface area (Å²) in [6.07, 6.45) is 5.35. The first kappa shape index (κ1) is 12.5. The fourth-order valence-corrected chi connectivity index (χ4v) is 2.09. The first-order chi connectivity index (χ1) is 7.11. The van der Waals surface area contributed by atoms with Crippen LogP contribution in [0.4, 0.5) is 0 Å². The van der Waals surface area contributed by atoms with Crippen molar-refractivity contribution in [1.82, 2.24) is 5.32 Å². The highest BCUT2D eigenvalue weighted by Gasteiger charge is 2.20. The van der Waals surface area contributed by atoms with Crippen LogP contribution in [0, 0.1) is 11.8 Å². The second-order valence-electron chi connectivity index (χ2n) is 5.07. The summed E-state index contributed by atoms with van der Waals surface area (Å²) >= 11 is 0. The molecule has 1 atom stereocenters. The maximum Gasteiger partial charge on any atom is 0.220 e. The van der Waals surface area contributed by atoms with E-state index in [1.807, 2.05) is 6.92 Å². The fourth-order valence-electron chi connectivity index (χ4n) is 2.09. The van der Waals surface area contributed by atoms with Crippen molar-refractivity contribution in [3.05, 3.63) is 0 Å². The van der Waals surface area contributed by atoms with E-state index in [-0.39, 0.29) is 5.91 Å². The molecule has 88 valence electrons. The Kier molecular flexibility index (Phi) is 5.09. The molecule has 0 aromatic heterocycles. The average Bonchev–Trinajstić information content (AvgIpc) is 2.21. The molecule has 1 unspecified atom stereocenters. The Hall–Kier alpha value is -0.570. The topological polar surface area (TPSA) is 55.1 Å². The minimum absolute atomic E-state index is 0.174. The normalized spacial score (nSPS) is 28.5. The van der Waals surface area contributed by atoms with Gasteiger partial charge in [0.15, 0.2) is 0 Å². The van der Waals surface area contributed by atoms with E-state index in [2.05, 4.69) is 12.2 Å². The maximum absolute atomic E-state index is 11.6. The Labute approximate surface area is 92.8 Å². The van der Waals surface area contributed by atoms with Gasteiger partial charge in [0, 0.05) is 12.5 Å². The molecular formula is C12H24N2O. The van der Waals surface area contributed by atoms with Gasteiger partial charge in [0.05, 0.1) is 0 Å². The highest BCUT2D eigenvalue weighted by molar-refractivity contribution is 5.76. The lowest BCUT2D eigenvalue weighted by atomic mass is 9.87. The van der Waals surface area contributed by atoms with Gasteiger partial charge in [-0.25, -0.2) is 0 Å². The van der Waals surface area contributed by atoms with Crippen LogP contribution in [-0.4, -0.2) is 18.5 Å². The minimum atomic E-state index is 0.174. The largest absolute Gasteiger partial charge is 0.353 e. The third-order valence-electron chi connectivity index (χ3n) is 3.32. The fraction of sp³-hybridized carbons (Fsp3) is 0.917. The van der Waals surface area contributed by atoms with Gasteiger partial charge in [-0.1, -0.05) is 13.8 Å². The summed E-state index contributed by atoms with van der Waals surface area (Å²) in [6, 6.07) is 0.415. The minimum Gasteiger partial charge on any atom is -0.353 e. The molecule has 0 aromatic carbocycles. The zero-order valence-electron chi connectivity index (χ0n) is 9.96. The predicted molar refractivity (Wildman–Crippen MR) is 62.4 cm³/mol. The molecule has 1 fully saturated rings. The first-order valence-electron chi connectivity index (χ1n) is 6.11. The van der Waals surface area contributed by atoms with Gasteiger partial charge >= 0.3 is 0 Å². The van der Waals surface area contributed by atoms with Crippen molar-refractivity contribution in [2.75, 3.05) is 6.54 Å².